The monoisotopic (exact) mass is 248 g/mol. The highest BCUT2D eigenvalue weighted by molar-refractivity contribution is 6.33. The Balaban J connectivity index is 2.47. The molecule has 88 valence electrons. The molecule has 0 aliphatic rings. The summed E-state index contributed by atoms with van der Waals surface area (Å²) >= 11 is 6.07. The molecule has 5 heteroatoms. The van der Waals surface area contributed by atoms with E-state index in [1.54, 1.807) is 0 Å². The average molecular weight is 249 g/mol. The first-order valence-electron chi connectivity index (χ1n) is 5.17. The van der Waals surface area contributed by atoms with Gasteiger partial charge in [0.2, 0.25) is 5.95 Å². The normalized spacial score (nSPS) is 10.3. The zero-order valence-electron chi connectivity index (χ0n) is 9.68. The third kappa shape index (κ3) is 2.31. The highest BCUT2D eigenvalue weighted by Gasteiger charge is 2.12. The number of aryl methyl sites for hydroxylation is 1. The van der Waals surface area contributed by atoms with Crippen LogP contribution in [0.4, 0.5) is 17.5 Å². The Morgan fingerprint density at radius 3 is 2.71 bits per heavy atom. The molecular formula is C12H13ClN4. The molecule has 0 aliphatic carbocycles. The van der Waals surface area contributed by atoms with Gasteiger partial charge in [0, 0.05) is 12.7 Å². The maximum absolute atomic E-state index is 6.07. The lowest BCUT2D eigenvalue weighted by molar-refractivity contribution is 1.08. The third-order valence-electron chi connectivity index (χ3n) is 2.54. The van der Waals surface area contributed by atoms with Crippen LogP contribution in [-0.2, 0) is 0 Å². The van der Waals surface area contributed by atoms with Crippen LogP contribution in [0.15, 0.2) is 30.5 Å². The molecule has 2 rings (SSSR count). The molecule has 0 unspecified atom stereocenters. The molecule has 2 aromatic rings. The van der Waals surface area contributed by atoms with Crippen molar-refractivity contribution in [3.63, 3.8) is 0 Å². The van der Waals surface area contributed by atoms with Crippen LogP contribution in [0.25, 0.3) is 0 Å². The number of benzene rings is 1. The van der Waals surface area contributed by atoms with Crippen LogP contribution < -0.4 is 10.6 Å². The summed E-state index contributed by atoms with van der Waals surface area (Å²) in [5, 5.41) is 0.477. The fourth-order valence-electron chi connectivity index (χ4n) is 1.66. The average Bonchev–Trinajstić information content (AvgIpc) is 2.32. The number of nitrogen functional groups attached to an aromatic ring is 1. The second-order valence-corrected chi connectivity index (χ2v) is 4.15. The van der Waals surface area contributed by atoms with Gasteiger partial charge in [-0.1, -0.05) is 29.8 Å². The van der Waals surface area contributed by atoms with Crippen LogP contribution in [0.5, 0.6) is 0 Å². The Morgan fingerprint density at radius 2 is 2.00 bits per heavy atom. The van der Waals surface area contributed by atoms with Crippen molar-refractivity contribution in [2.75, 3.05) is 17.7 Å². The Hall–Kier alpha value is -1.81. The van der Waals surface area contributed by atoms with Crippen molar-refractivity contribution in [1.82, 2.24) is 9.97 Å². The van der Waals surface area contributed by atoms with E-state index in [-0.39, 0.29) is 5.95 Å². The first kappa shape index (κ1) is 11.7. The van der Waals surface area contributed by atoms with Gasteiger partial charge in [0.25, 0.3) is 0 Å². The van der Waals surface area contributed by atoms with Crippen molar-refractivity contribution in [3.8, 4) is 0 Å². The van der Waals surface area contributed by atoms with Gasteiger partial charge in [-0.25, -0.2) is 4.98 Å². The SMILES string of the molecule is Cc1ccccc1N(C)c1nc(N)ncc1Cl. The Labute approximate surface area is 105 Å². The molecule has 0 radical (unpaired) electrons. The maximum atomic E-state index is 6.07. The van der Waals surface area contributed by atoms with Gasteiger partial charge in [0.05, 0.1) is 6.20 Å². The van der Waals surface area contributed by atoms with Gasteiger partial charge in [-0.3, -0.25) is 0 Å². The van der Waals surface area contributed by atoms with Crippen molar-refractivity contribution in [1.29, 1.82) is 0 Å². The molecule has 1 aromatic heterocycles. The number of rotatable bonds is 2. The standard InChI is InChI=1S/C12H13ClN4/c1-8-5-3-4-6-10(8)17(2)11-9(13)7-15-12(14)16-11/h3-7H,1-2H3,(H2,14,15,16). The zero-order chi connectivity index (χ0) is 12.4. The lowest BCUT2D eigenvalue weighted by atomic mass is 10.2. The highest BCUT2D eigenvalue weighted by Crippen LogP contribution is 2.30. The van der Waals surface area contributed by atoms with Crippen LogP contribution >= 0.6 is 11.6 Å². The van der Waals surface area contributed by atoms with E-state index >= 15 is 0 Å². The van der Waals surface area contributed by atoms with Crippen molar-refractivity contribution < 1.29 is 0 Å². The maximum Gasteiger partial charge on any atom is 0.222 e. The molecule has 2 N–H and O–H groups in total. The Morgan fingerprint density at radius 1 is 1.29 bits per heavy atom. The second kappa shape index (κ2) is 4.59. The summed E-state index contributed by atoms with van der Waals surface area (Å²) in [5.41, 5.74) is 7.75. The van der Waals surface area contributed by atoms with E-state index in [9.17, 15) is 0 Å². The number of nitrogens with zero attached hydrogens (tertiary/aromatic N) is 3. The smallest absolute Gasteiger partial charge is 0.222 e. The van der Waals surface area contributed by atoms with Crippen LogP contribution in [0.2, 0.25) is 5.02 Å². The molecule has 0 amide bonds. The van der Waals surface area contributed by atoms with E-state index in [4.69, 9.17) is 17.3 Å². The number of anilines is 3. The summed E-state index contributed by atoms with van der Waals surface area (Å²) in [5.74, 6) is 0.818. The lowest BCUT2D eigenvalue weighted by Gasteiger charge is -2.21. The molecule has 1 aromatic carbocycles. The Bertz CT molecular complexity index is 542. The van der Waals surface area contributed by atoms with Crippen molar-refractivity contribution in [2.24, 2.45) is 0 Å². The van der Waals surface area contributed by atoms with Gasteiger partial charge in [-0.2, -0.15) is 4.98 Å². The minimum atomic E-state index is 0.213. The summed E-state index contributed by atoms with van der Waals surface area (Å²) in [6, 6.07) is 7.99. The molecule has 0 saturated carbocycles. The first-order chi connectivity index (χ1) is 8.09. The van der Waals surface area contributed by atoms with E-state index in [1.165, 1.54) is 6.20 Å². The molecule has 17 heavy (non-hydrogen) atoms. The van der Waals surface area contributed by atoms with Crippen LogP contribution in [-0.4, -0.2) is 17.0 Å². The van der Waals surface area contributed by atoms with Gasteiger partial charge in [-0.15, -0.1) is 0 Å². The summed E-state index contributed by atoms with van der Waals surface area (Å²) in [6.07, 6.45) is 1.51. The molecule has 0 fully saturated rings. The topological polar surface area (TPSA) is 55.0 Å². The minimum Gasteiger partial charge on any atom is -0.368 e. The molecule has 0 atom stereocenters. The number of nitrogens with two attached hydrogens (primary N) is 1. The van der Waals surface area contributed by atoms with Crippen molar-refractivity contribution >= 4 is 29.1 Å². The van der Waals surface area contributed by atoms with E-state index < -0.39 is 0 Å². The molecule has 1 heterocycles. The summed E-state index contributed by atoms with van der Waals surface area (Å²) < 4.78 is 0. The lowest BCUT2D eigenvalue weighted by Crippen LogP contribution is -2.14. The molecule has 0 spiro atoms. The first-order valence-corrected chi connectivity index (χ1v) is 5.55. The van der Waals surface area contributed by atoms with Crippen LogP contribution in [0.1, 0.15) is 5.56 Å². The molecular weight excluding hydrogens is 236 g/mol. The molecule has 0 saturated heterocycles. The zero-order valence-corrected chi connectivity index (χ0v) is 10.4. The van der Waals surface area contributed by atoms with Crippen molar-refractivity contribution in [2.45, 2.75) is 6.92 Å². The molecule has 0 aliphatic heterocycles. The van der Waals surface area contributed by atoms with E-state index in [2.05, 4.69) is 9.97 Å². The van der Waals surface area contributed by atoms with Gasteiger partial charge < -0.3 is 10.6 Å². The second-order valence-electron chi connectivity index (χ2n) is 3.75. The quantitative estimate of drug-likeness (QED) is 0.888. The fraction of sp³-hybridized carbons (Fsp3) is 0.167. The van der Waals surface area contributed by atoms with Crippen molar-refractivity contribution in [3.05, 3.63) is 41.0 Å². The van der Waals surface area contributed by atoms with E-state index in [0.29, 0.717) is 10.8 Å². The summed E-state index contributed by atoms with van der Waals surface area (Å²) in [6.45, 7) is 2.03. The fourth-order valence-corrected chi connectivity index (χ4v) is 1.88. The predicted octanol–water partition coefficient (Wildman–Crippen LogP) is 2.79. The summed E-state index contributed by atoms with van der Waals surface area (Å²) in [7, 11) is 1.90. The summed E-state index contributed by atoms with van der Waals surface area (Å²) in [4.78, 5) is 9.90. The van der Waals surface area contributed by atoms with Gasteiger partial charge in [-0.05, 0) is 18.6 Å². The number of hydrogen-bond acceptors (Lipinski definition) is 4. The molecule has 4 nitrogen and oxygen atoms in total. The van der Waals surface area contributed by atoms with Crippen LogP contribution in [0, 0.1) is 6.92 Å². The third-order valence-corrected chi connectivity index (χ3v) is 2.81. The largest absolute Gasteiger partial charge is 0.368 e. The number of hydrogen-bond donors (Lipinski definition) is 1. The van der Waals surface area contributed by atoms with Gasteiger partial charge in [0.15, 0.2) is 5.82 Å². The van der Waals surface area contributed by atoms with Crippen LogP contribution in [0.3, 0.4) is 0 Å². The van der Waals surface area contributed by atoms with Gasteiger partial charge >= 0.3 is 0 Å². The highest BCUT2D eigenvalue weighted by atomic mass is 35.5. The van der Waals surface area contributed by atoms with Gasteiger partial charge in [0.1, 0.15) is 5.02 Å². The number of aromatic nitrogens is 2. The number of halogens is 1. The van der Waals surface area contributed by atoms with E-state index in [1.807, 2.05) is 43.1 Å². The Kier molecular flexibility index (Phi) is 3.15. The van der Waals surface area contributed by atoms with E-state index in [0.717, 1.165) is 11.3 Å². The minimum absolute atomic E-state index is 0.213. The predicted molar refractivity (Wildman–Crippen MR) is 70.7 cm³/mol. The number of para-hydroxylation sites is 1. The molecule has 0 bridgehead atoms.